The van der Waals surface area contributed by atoms with Crippen LogP contribution in [0, 0.1) is 23.2 Å². The molecule has 4 saturated carbocycles. The molecule has 120 valence electrons. The molecule has 0 atom stereocenters. The maximum Gasteiger partial charge on any atom is 0.317 e. The quantitative estimate of drug-likeness (QED) is 0.895. The van der Waals surface area contributed by atoms with Gasteiger partial charge < -0.3 is 10.2 Å². The van der Waals surface area contributed by atoms with Gasteiger partial charge in [-0.25, -0.2) is 9.78 Å². The van der Waals surface area contributed by atoms with Gasteiger partial charge in [-0.2, -0.15) is 5.10 Å². The van der Waals surface area contributed by atoms with Crippen LogP contribution in [0.3, 0.4) is 0 Å². The lowest BCUT2D eigenvalue weighted by atomic mass is 9.49. The Bertz CT molecular complexity index is 505. The van der Waals surface area contributed by atoms with Crippen molar-refractivity contribution in [2.24, 2.45) is 23.2 Å². The topological polar surface area (TPSA) is 73.9 Å². The van der Waals surface area contributed by atoms with Crippen LogP contribution in [0.25, 0.3) is 0 Å². The van der Waals surface area contributed by atoms with Crippen LogP contribution in [0.4, 0.5) is 4.79 Å². The molecule has 1 heterocycles. The normalized spacial score (nSPS) is 35.6. The number of nitrogens with one attached hydrogen (secondary N) is 2. The van der Waals surface area contributed by atoms with E-state index in [1.54, 1.807) is 11.9 Å². The Morgan fingerprint density at radius 1 is 1.32 bits per heavy atom. The molecule has 5 rings (SSSR count). The third kappa shape index (κ3) is 2.59. The van der Waals surface area contributed by atoms with E-state index in [2.05, 4.69) is 20.5 Å². The fourth-order valence-electron chi connectivity index (χ4n) is 5.51. The number of nitrogens with zero attached hydrogens (tertiary/aromatic N) is 3. The minimum atomic E-state index is -0.00727. The Hall–Kier alpha value is -1.59. The molecule has 0 saturated heterocycles. The van der Waals surface area contributed by atoms with Crippen LogP contribution in [0.5, 0.6) is 0 Å². The zero-order valence-corrected chi connectivity index (χ0v) is 13.2. The van der Waals surface area contributed by atoms with Crippen molar-refractivity contribution in [1.29, 1.82) is 0 Å². The zero-order chi connectivity index (χ0) is 15.2. The van der Waals surface area contributed by atoms with Crippen molar-refractivity contribution in [2.75, 3.05) is 13.6 Å². The number of aromatic nitrogens is 3. The van der Waals surface area contributed by atoms with Gasteiger partial charge in [0, 0.05) is 13.6 Å². The number of amides is 2. The van der Waals surface area contributed by atoms with E-state index in [0.29, 0.717) is 17.8 Å². The second-order valence-electron chi connectivity index (χ2n) is 7.86. The van der Waals surface area contributed by atoms with Crippen molar-refractivity contribution >= 4 is 6.03 Å². The molecule has 4 bridgehead atoms. The van der Waals surface area contributed by atoms with E-state index in [-0.39, 0.29) is 6.03 Å². The molecule has 6 heteroatoms. The Labute approximate surface area is 131 Å². The first-order chi connectivity index (χ1) is 10.6. The summed E-state index contributed by atoms with van der Waals surface area (Å²) in [5.41, 5.74) is 0.386. The molecular formula is C16H25N5O. The Morgan fingerprint density at radius 2 is 1.95 bits per heavy atom. The van der Waals surface area contributed by atoms with E-state index in [1.807, 2.05) is 0 Å². The number of urea groups is 1. The summed E-state index contributed by atoms with van der Waals surface area (Å²) in [4.78, 5) is 18.0. The number of aromatic amines is 1. The average molecular weight is 303 g/mol. The predicted molar refractivity (Wildman–Crippen MR) is 81.9 cm³/mol. The van der Waals surface area contributed by atoms with Crippen LogP contribution in [0.15, 0.2) is 6.33 Å². The van der Waals surface area contributed by atoms with Crippen LogP contribution < -0.4 is 5.32 Å². The molecule has 1 aromatic heterocycles. The minimum Gasteiger partial charge on any atom is -0.337 e. The van der Waals surface area contributed by atoms with Gasteiger partial charge in [0.1, 0.15) is 12.2 Å². The smallest absolute Gasteiger partial charge is 0.317 e. The Morgan fingerprint density at radius 3 is 2.50 bits per heavy atom. The van der Waals surface area contributed by atoms with E-state index < -0.39 is 0 Å². The number of hydrogen-bond acceptors (Lipinski definition) is 3. The van der Waals surface area contributed by atoms with Crippen molar-refractivity contribution < 1.29 is 4.79 Å². The van der Waals surface area contributed by atoms with Crippen molar-refractivity contribution in [3.05, 3.63) is 12.2 Å². The molecule has 0 radical (unpaired) electrons. The lowest BCUT2D eigenvalue weighted by Crippen LogP contribution is -2.52. The van der Waals surface area contributed by atoms with Crippen LogP contribution in [-0.2, 0) is 6.54 Å². The first kappa shape index (κ1) is 14.0. The van der Waals surface area contributed by atoms with Gasteiger partial charge in [-0.05, 0) is 61.7 Å². The van der Waals surface area contributed by atoms with E-state index >= 15 is 0 Å². The summed E-state index contributed by atoms with van der Waals surface area (Å²) in [6.45, 7) is 1.31. The monoisotopic (exact) mass is 303 g/mol. The summed E-state index contributed by atoms with van der Waals surface area (Å²) < 4.78 is 0. The zero-order valence-electron chi connectivity index (χ0n) is 13.2. The molecular weight excluding hydrogens is 278 g/mol. The molecule has 1 aromatic rings. The van der Waals surface area contributed by atoms with Crippen molar-refractivity contribution in [2.45, 2.75) is 45.1 Å². The molecule has 4 fully saturated rings. The Balaban J connectivity index is 1.33. The van der Waals surface area contributed by atoms with Gasteiger partial charge in [-0.3, -0.25) is 5.10 Å². The summed E-state index contributed by atoms with van der Waals surface area (Å²) >= 11 is 0. The fourth-order valence-corrected chi connectivity index (χ4v) is 5.51. The summed E-state index contributed by atoms with van der Waals surface area (Å²) in [6.07, 6.45) is 9.77. The number of carbonyl (C=O) groups is 1. The van der Waals surface area contributed by atoms with E-state index in [1.165, 1.54) is 44.9 Å². The van der Waals surface area contributed by atoms with Crippen molar-refractivity contribution in [3.8, 4) is 0 Å². The van der Waals surface area contributed by atoms with Gasteiger partial charge in [-0.15, -0.1) is 0 Å². The standard InChI is InChI=1S/C16H25N5O/c1-21(8-14-18-10-19-20-14)15(22)17-9-16-5-11-2-12(6-16)4-13(3-11)7-16/h10-13H,2-9H2,1H3,(H,17,22)(H,18,19,20). The SMILES string of the molecule is CN(Cc1ncn[nH]1)C(=O)NCC12CC3CC(CC(C3)C1)C2. The largest absolute Gasteiger partial charge is 0.337 e. The summed E-state index contributed by atoms with van der Waals surface area (Å²) in [5, 5.41) is 9.78. The second kappa shape index (κ2) is 5.25. The lowest BCUT2D eigenvalue weighted by Gasteiger charge is -2.56. The number of hydrogen-bond donors (Lipinski definition) is 2. The molecule has 0 aromatic carbocycles. The number of carbonyl (C=O) groups excluding carboxylic acids is 1. The first-order valence-corrected chi connectivity index (χ1v) is 8.45. The van der Waals surface area contributed by atoms with Crippen LogP contribution in [0.2, 0.25) is 0 Å². The third-order valence-corrected chi connectivity index (χ3v) is 5.98. The number of H-pyrrole nitrogens is 1. The molecule has 22 heavy (non-hydrogen) atoms. The highest BCUT2D eigenvalue weighted by Crippen LogP contribution is 2.59. The van der Waals surface area contributed by atoms with Gasteiger partial charge in [0.2, 0.25) is 0 Å². The van der Waals surface area contributed by atoms with E-state index in [9.17, 15) is 4.79 Å². The highest BCUT2D eigenvalue weighted by Gasteiger charge is 2.50. The van der Waals surface area contributed by atoms with Gasteiger partial charge in [0.05, 0.1) is 6.54 Å². The summed E-state index contributed by atoms with van der Waals surface area (Å²) in [7, 11) is 1.80. The summed E-state index contributed by atoms with van der Waals surface area (Å²) in [6, 6.07) is -0.00727. The third-order valence-electron chi connectivity index (χ3n) is 5.98. The van der Waals surface area contributed by atoms with Crippen LogP contribution in [-0.4, -0.2) is 39.7 Å². The average Bonchev–Trinajstić information content (AvgIpc) is 2.96. The first-order valence-electron chi connectivity index (χ1n) is 8.45. The van der Waals surface area contributed by atoms with Crippen LogP contribution >= 0.6 is 0 Å². The van der Waals surface area contributed by atoms with Crippen molar-refractivity contribution in [1.82, 2.24) is 25.4 Å². The van der Waals surface area contributed by atoms with Gasteiger partial charge in [-0.1, -0.05) is 0 Å². The molecule has 0 spiro atoms. The van der Waals surface area contributed by atoms with E-state index in [0.717, 1.165) is 24.3 Å². The molecule has 4 aliphatic carbocycles. The number of rotatable bonds is 4. The molecule has 0 aliphatic heterocycles. The maximum atomic E-state index is 12.3. The molecule has 2 amide bonds. The second-order valence-corrected chi connectivity index (χ2v) is 7.86. The highest BCUT2D eigenvalue weighted by atomic mass is 16.2. The lowest BCUT2D eigenvalue weighted by molar-refractivity contribution is -0.0502. The molecule has 4 aliphatic rings. The maximum absolute atomic E-state index is 12.3. The van der Waals surface area contributed by atoms with Gasteiger partial charge in [0.15, 0.2) is 0 Å². The Kier molecular flexibility index (Phi) is 3.35. The fraction of sp³-hybridized carbons (Fsp3) is 0.812. The predicted octanol–water partition coefficient (Wildman–Crippen LogP) is 2.16. The van der Waals surface area contributed by atoms with Gasteiger partial charge >= 0.3 is 6.03 Å². The minimum absolute atomic E-state index is 0.00727. The molecule has 0 unspecified atom stereocenters. The molecule has 6 nitrogen and oxygen atoms in total. The van der Waals surface area contributed by atoms with Gasteiger partial charge in [0.25, 0.3) is 0 Å². The van der Waals surface area contributed by atoms with Crippen LogP contribution in [0.1, 0.15) is 44.3 Å². The summed E-state index contributed by atoms with van der Waals surface area (Å²) in [5.74, 6) is 3.49. The molecule has 2 N–H and O–H groups in total. The van der Waals surface area contributed by atoms with Crippen molar-refractivity contribution in [3.63, 3.8) is 0 Å². The van der Waals surface area contributed by atoms with E-state index in [4.69, 9.17) is 0 Å². The highest BCUT2D eigenvalue weighted by molar-refractivity contribution is 5.73.